The van der Waals surface area contributed by atoms with Gasteiger partial charge in [-0.25, -0.2) is 4.39 Å². The highest BCUT2D eigenvalue weighted by Crippen LogP contribution is 2.33. The van der Waals surface area contributed by atoms with Crippen LogP contribution in [0.15, 0.2) is 60.1 Å². The molecule has 2 atom stereocenters. The number of rotatable bonds is 3. The third kappa shape index (κ3) is 3.14. The van der Waals surface area contributed by atoms with Crippen LogP contribution in [0.25, 0.3) is 10.2 Å². The highest BCUT2D eigenvalue weighted by molar-refractivity contribution is 7.16. The summed E-state index contributed by atoms with van der Waals surface area (Å²) in [5, 5.41) is 0. The van der Waals surface area contributed by atoms with Gasteiger partial charge in [-0.2, -0.15) is 4.99 Å². The summed E-state index contributed by atoms with van der Waals surface area (Å²) in [5.41, 5.74) is 0.410. The van der Waals surface area contributed by atoms with E-state index >= 15 is 0 Å². The van der Waals surface area contributed by atoms with Crippen LogP contribution in [0.5, 0.6) is 11.5 Å². The Morgan fingerprint density at radius 3 is 2.74 bits per heavy atom. The van der Waals surface area contributed by atoms with Gasteiger partial charge in [-0.1, -0.05) is 35.6 Å². The predicted octanol–water partition coefficient (Wildman–Crippen LogP) is 3.68. The third-order valence-electron chi connectivity index (χ3n) is 4.26. The van der Waals surface area contributed by atoms with Crippen molar-refractivity contribution in [1.82, 2.24) is 4.57 Å². The molecule has 3 aromatic rings. The van der Waals surface area contributed by atoms with Gasteiger partial charge in [-0.15, -0.1) is 6.58 Å². The zero-order valence-electron chi connectivity index (χ0n) is 14.6. The van der Waals surface area contributed by atoms with Gasteiger partial charge in [0.15, 0.2) is 16.3 Å². The summed E-state index contributed by atoms with van der Waals surface area (Å²) in [4.78, 5) is 17.4. The van der Waals surface area contributed by atoms with Gasteiger partial charge in [0.25, 0.3) is 5.91 Å². The number of hydrogen-bond acceptors (Lipinski definition) is 4. The van der Waals surface area contributed by atoms with E-state index in [0.29, 0.717) is 33.1 Å². The van der Waals surface area contributed by atoms with Crippen molar-refractivity contribution in [2.75, 3.05) is 0 Å². The van der Waals surface area contributed by atoms with Crippen LogP contribution >= 0.6 is 11.3 Å². The number of carbonyl (C=O) groups excluding carboxylic acids is 1. The first kappa shape index (κ1) is 17.5. The summed E-state index contributed by atoms with van der Waals surface area (Å²) in [6, 6.07) is 12.0. The molecule has 1 aliphatic rings. The first-order valence-corrected chi connectivity index (χ1v) is 9.30. The maximum Gasteiger partial charge on any atom is 0.293 e. The van der Waals surface area contributed by atoms with Gasteiger partial charge in [0.05, 0.1) is 10.2 Å². The maximum atomic E-state index is 14.3. The summed E-state index contributed by atoms with van der Waals surface area (Å²) in [6.45, 7) is 5.81. The summed E-state index contributed by atoms with van der Waals surface area (Å²) >= 11 is 1.25. The van der Waals surface area contributed by atoms with Crippen LogP contribution in [0, 0.1) is 5.82 Å². The number of nitrogens with zero attached hydrogens (tertiary/aromatic N) is 2. The van der Waals surface area contributed by atoms with Crippen LogP contribution in [0.3, 0.4) is 0 Å². The molecular weight excluding hydrogens is 367 g/mol. The van der Waals surface area contributed by atoms with Crippen molar-refractivity contribution in [2.45, 2.75) is 25.7 Å². The van der Waals surface area contributed by atoms with E-state index < -0.39 is 18.1 Å². The molecule has 2 unspecified atom stereocenters. The molecule has 7 heteroatoms. The average Bonchev–Trinajstić information content (AvgIpc) is 3.00. The topological polar surface area (TPSA) is 52.8 Å². The van der Waals surface area contributed by atoms with Gasteiger partial charge >= 0.3 is 0 Å². The standard InChI is InChI=1S/C20H17FN2O3S/c1-3-11-23-17-13(21)7-6-10-16(17)27-20(23)22-19(24)18-12(2)25-14-8-4-5-9-15(14)26-18/h3-10,12,18H,1,11H2,2H3. The number of amides is 1. The Balaban J connectivity index is 1.75. The number of thiazole rings is 1. The molecule has 0 saturated heterocycles. The minimum absolute atomic E-state index is 0.341. The molecule has 0 N–H and O–H groups in total. The Kier molecular flexibility index (Phi) is 4.53. The fourth-order valence-corrected chi connectivity index (χ4v) is 4.08. The lowest BCUT2D eigenvalue weighted by Crippen LogP contribution is -2.43. The van der Waals surface area contributed by atoms with Crippen molar-refractivity contribution >= 4 is 27.5 Å². The minimum Gasteiger partial charge on any atom is -0.482 e. The van der Waals surface area contributed by atoms with Crippen molar-refractivity contribution in [3.8, 4) is 11.5 Å². The van der Waals surface area contributed by atoms with E-state index in [-0.39, 0.29) is 5.82 Å². The molecule has 1 aromatic heterocycles. The molecule has 1 aliphatic heterocycles. The number of ether oxygens (including phenoxy) is 2. The number of hydrogen-bond donors (Lipinski definition) is 0. The van der Waals surface area contributed by atoms with E-state index in [0.717, 1.165) is 0 Å². The van der Waals surface area contributed by atoms with Crippen molar-refractivity contribution in [3.63, 3.8) is 0 Å². The molecule has 0 saturated carbocycles. The SMILES string of the molecule is C=CCn1c(=NC(=O)C2Oc3ccccc3OC2C)sc2cccc(F)c21. The lowest BCUT2D eigenvalue weighted by Gasteiger charge is -2.29. The molecule has 27 heavy (non-hydrogen) atoms. The number of carbonyl (C=O) groups is 1. The van der Waals surface area contributed by atoms with Gasteiger partial charge in [0.1, 0.15) is 11.9 Å². The van der Waals surface area contributed by atoms with Crippen LogP contribution in [0.1, 0.15) is 6.92 Å². The molecule has 0 radical (unpaired) electrons. The quantitative estimate of drug-likeness (QED) is 0.648. The maximum absolute atomic E-state index is 14.3. The minimum atomic E-state index is -0.868. The second-order valence-corrected chi connectivity index (χ2v) is 7.14. The zero-order chi connectivity index (χ0) is 19.0. The summed E-state index contributed by atoms with van der Waals surface area (Å²) in [6.07, 6.45) is 0.281. The van der Waals surface area contributed by atoms with Crippen LogP contribution in [-0.4, -0.2) is 22.7 Å². The summed E-state index contributed by atoms with van der Waals surface area (Å²) in [7, 11) is 0. The normalized spacial score (nSPS) is 19.3. The Morgan fingerprint density at radius 1 is 1.26 bits per heavy atom. The Hall–Kier alpha value is -2.93. The van der Waals surface area contributed by atoms with E-state index in [2.05, 4.69) is 11.6 Å². The molecule has 0 fully saturated rings. The van der Waals surface area contributed by atoms with E-state index in [9.17, 15) is 9.18 Å². The highest BCUT2D eigenvalue weighted by atomic mass is 32.1. The Labute approximate surface area is 159 Å². The number of allylic oxidation sites excluding steroid dienone is 1. The smallest absolute Gasteiger partial charge is 0.293 e. The highest BCUT2D eigenvalue weighted by Gasteiger charge is 2.34. The van der Waals surface area contributed by atoms with Gasteiger partial charge < -0.3 is 14.0 Å². The zero-order valence-corrected chi connectivity index (χ0v) is 15.4. The van der Waals surface area contributed by atoms with Gasteiger partial charge in [-0.05, 0) is 31.2 Å². The largest absolute Gasteiger partial charge is 0.482 e. The molecule has 0 bridgehead atoms. The Morgan fingerprint density at radius 2 is 2.00 bits per heavy atom. The number of fused-ring (bicyclic) bond motifs is 2. The molecule has 1 amide bonds. The second kappa shape index (κ2) is 7.00. The average molecular weight is 384 g/mol. The van der Waals surface area contributed by atoms with E-state index in [1.807, 2.05) is 12.1 Å². The number of benzene rings is 2. The van der Waals surface area contributed by atoms with Gasteiger partial charge in [-0.3, -0.25) is 4.79 Å². The van der Waals surface area contributed by atoms with Crippen LogP contribution in [0.2, 0.25) is 0 Å². The van der Waals surface area contributed by atoms with Crippen molar-refractivity contribution in [2.24, 2.45) is 4.99 Å². The molecule has 0 aliphatic carbocycles. The fraction of sp³-hybridized carbons (Fsp3) is 0.200. The second-order valence-electron chi connectivity index (χ2n) is 6.13. The van der Waals surface area contributed by atoms with Gasteiger partial charge in [0, 0.05) is 6.54 Å². The number of aromatic nitrogens is 1. The first-order chi connectivity index (χ1) is 13.1. The summed E-state index contributed by atoms with van der Waals surface area (Å²) < 4.78 is 28.2. The van der Waals surface area contributed by atoms with E-state index in [1.54, 1.807) is 41.8 Å². The van der Waals surface area contributed by atoms with Gasteiger partial charge in [0.2, 0.25) is 6.10 Å². The molecule has 5 nitrogen and oxygen atoms in total. The van der Waals surface area contributed by atoms with Crippen LogP contribution < -0.4 is 14.3 Å². The Bertz CT molecular complexity index is 1100. The number of halogens is 1. The van der Waals surface area contributed by atoms with Crippen molar-refractivity contribution < 1.29 is 18.7 Å². The lowest BCUT2D eigenvalue weighted by molar-refractivity contribution is -0.130. The summed E-state index contributed by atoms with van der Waals surface area (Å²) in [5.74, 6) is 0.269. The predicted molar refractivity (Wildman–Crippen MR) is 101 cm³/mol. The van der Waals surface area contributed by atoms with Crippen molar-refractivity contribution in [3.05, 3.63) is 65.7 Å². The van der Waals surface area contributed by atoms with Crippen molar-refractivity contribution in [1.29, 1.82) is 0 Å². The molecule has 138 valence electrons. The lowest BCUT2D eigenvalue weighted by atomic mass is 10.1. The third-order valence-corrected chi connectivity index (χ3v) is 5.30. The molecule has 4 rings (SSSR count). The molecule has 2 aromatic carbocycles. The molecule has 0 spiro atoms. The monoisotopic (exact) mass is 384 g/mol. The number of para-hydroxylation sites is 3. The fourth-order valence-electron chi connectivity index (χ4n) is 3.02. The molecule has 2 heterocycles. The van der Waals surface area contributed by atoms with Crippen LogP contribution in [-0.2, 0) is 11.3 Å². The first-order valence-electron chi connectivity index (χ1n) is 8.48. The van der Waals surface area contributed by atoms with E-state index in [4.69, 9.17) is 9.47 Å². The van der Waals surface area contributed by atoms with Crippen LogP contribution in [0.4, 0.5) is 4.39 Å². The molecular formula is C20H17FN2O3S. The van der Waals surface area contributed by atoms with E-state index in [1.165, 1.54) is 17.4 Å².